The summed E-state index contributed by atoms with van der Waals surface area (Å²) in [6.07, 6.45) is 0.182. The first-order valence-corrected chi connectivity index (χ1v) is 10.7. The number of aryl methyl sites for hydroxylation is 3. The second-order valence-corrected chi connectivity index (χ2v) is 8.17. The highest BCUT2D eigenvalue weighted by molar-refractivity contribution is 7.17. The number of carbonyl (C=O) groups excluding carboxylic acids is 2. The predicted molar refractivity (Wildman–Crippen MR) is 121 cm³/mol. The molecule has 1 heterocycles. The zero-order chi connectivity index (χ0) is 22.4. The second kappa shape index (κ2) is 10.0. The van der Waals surface area contributed by atoms with Gasteiger partial charge in [-0.25, -0.2) is 9.78 Å². The standard InChI is InChI=1S/C24H23N3O3S/c1-16-12-17(2)14-20(13-16)27(11-7-10-25)21(28)15-30-24(29)22-18(3)26-23(31-22)19-8-5-4-6-9-19/h4-6,8-9,12-14H,7,11,15H2,1-3H3. The number of benzene rings is 2. The van der Waals surface area contributed by atoms with Gasteiger partial charge < -0.3 is 9.64 Å². The Kier molecular flexibility index (Phi) is 7.16. The third kappa shape index (κ3) is 5.56. The average molecular weight is 434 g/mol. The fraction of sp³-hybridized carbons (Fsp3) is 0.250. The highest BCUT2D eigenvalue weighted by Gasteiger charge is 2.22. The van der Waals surface area contributed by atoms with Gasteiger partial charge in [-0.05, 0) is 44.0 Å². The van der Waals surface area contributed by atoms with Gasteiger partial charge in [-0.3, -0.25) is 4.79 Å². The highest BCUT2D eigenvalue weighted by atomic mass is 32.1. The lowest BCUT2D eigenvalue weighted by Gasteiger charge is -2.22. The minimum atomic E-state index is -0.578. The lowest BCUT2D eigenvalue weighted by atomic mass is 10.1. The van der Waals surface area contributed by atoms with Gasteiger partial charge >= 0.3 is 5.97 Å². The van der Waals surface area contributed by atoms with Crippen LogP contribution in [0.4, 0.5) is 5.69 Å². The normalized spacial score (nSPS) is 10.4. The summed E-state index contributed by atoms with van der Waals surface area (Å²) in [5.41, 5.74) is 4.19. The number of aromatic nitrogens is 1. The van der Waals surface area contributed by atoms with Crippen LogP contribution >= 0.6 is 11.3 Å². The number of esters is 1. The molecule has 3 rings (SSSR count). The Morgan fingerprint density at radius 3 is 2.42 bits per heavy atom. The fourth-order valence-corrected chi connectivity index (χ4v) is 4.19. The van der Waals surface area contributed by atoms with Crippen molar-refractivity contribution in [2.45, 2.75) is 27.2 Å². The molecule has 0 spiro atoms. The van der Waals surface area contributed by atoms with Crippen LogP contribution in [0.15, 0.2) is 48.5 Å². The van der Waals surface area contributed by atoms with Gasteiger partial charge in [-0.1, -0.05) is 36.4 Å². The summed E-state index contributed by atoms with van der Waals surface area (Å²) in [4.78, 5) is 31.8. The van der Waals surface area contributed by atoms with E-state index in [9.17, 15) is 9.59 Å². The number of thiazole rings is 1. The van der Waals surface area contributed by atoms with Crippen molar-refractivity contribution in [1.29, 1.82) is 5.26 Å². The van der Waals surface area contributed by atoms with Crippen molar-refractivity contribution in [3.05, 3.63) is 70.2 Å². The van der Waals surface area contributed by atoms with E-state index in [1.54, 1.807) is 6.92 Å². The maximum Gasteiger partial charge on any atom is 0.350 e. The molecular weight excluding hydrogens is 410 g/mol. The van der Waals surface area contributed by atoms with E-state index in [0.717, 1.165) is 21.7 Å². The van der Waals surface area contributed by atoms with Gasteiger partial charge in [0.2, 0.25) is 0 Å². The Hall–Kier alpha value is -3.50. The molecule has 0 fully saturated rings. The van der Waals surface area contributed by atoms with Gasteiger partial charge in [0.05, 0.1) is 18.2 Å². The third-order valence-electron chi connectivity index (χ3n) is 4.60. The molecule has 0 atom stereocenters. The number of ether oxygens (including phenoxy) is 1. The lowest BCUT2D eigenvalue weighted by molar-refractivity contribution is -0.121. The van der Waals surface area contributed by atoms with E-state index in [0.29, 0.717) is 16.3 Å². The first-order valence-electron chi connectivity index (χ1n) is 9.84. The smallest absolute Gasteiger partial charge is 0.350 e. The van der Waals surface area contributed by atoms with Crippen LogP contribution in [0.1, 0.15) is 32.9 Å². The van der Waals surface area contributed by atoms with Crippen LogP contribution < -0.4 is 4.90 Å². The molecule has 1 amide bonds. The Bertz CT molecular complexity index is 1110. The Morgan fingerprint density at radius 2 is 1.77 bits per heavy atom. The zero-order valence-electron chi connectivity index (χ0n) is 17.7. The molecule has 0 bridgehead atoms. The number of rotatable bonds is 7. The number of amides is 1. The van der Waals surface area contributed by atoms with Crippen molar-refractivity contribution in [3.63, 3.8) is 0 Å². The summed E-state index contributed by atoms with van der Waals surface area (Å²) in [6, 6.07) is 17.4. The Morgan fingerprint density at radius 1 is 1.10 bits per heavy atom. The molecule has 7 heteroatoms. The molecule has 0 aliphatic heterocycles. The monoisotopic (exact) mass is 433 g/mol. The zero-order valence-corrected chi connectivity index (χ0v) is 18.5. The SMILES string of the molecule is Cc1cc(C)cc(N(CCC#N)C(=O)COC(=O)c2sc(-c3ccccc3)nc2C)c1. The Balaban J connectivity index is 1.72. The number of hydrogen-bond donors (Lipinski definition) is 0. The van der Waals surface area contributed by atoms with Gasteiger partial charge in [0, 0.05) is 17.8 Å². The van der Waals surface area contributed by atoms with Crippen molar-refractivity contribution < 1.29 is 14.3 Å². The summed E-state index contributed by atoms with van der Waals surface area (Å²) in [6.45, 7) is 5.46. The van der Waals surface area contributed by atoms with Crippen LogP contribution in [0.5, 0.6) is 0 Å². The topological polar surface area (TPSA) is 83.3 Å². The molecule has 0 unspecified atom stereocenters. The average Bonchev–Trinajstić information content (AvgIpc) is 3.14. The maximum absolute atomic E-state index is 12.8. The largest absolute Gasteiger partial charge is 0.451 e. The first-order chi connectivity index (χ1) is 14.9. The molecule has 0 aliphatic carbocycles. The molecule has 0 radical (unpaired) electrons. The van der Waals surface area contributed by atoms with Gasteiger partial charge in [0.1, 0.15) is 9.88 Å². The van der Waals surface area contributed by atoms with Crippen LogP contribution in [0.2, 0.25) is 0 Å². The lowest BCUT2D eigenvalue weighted by Crippen LogP contribution is -2.35. The van der Waals surface area contributed by atoms with Crippen molar-refractivity contribution in [2.24, 2.45) is 0 Å². The third-order valence-corrected chi connectivity index (χ3v) is 5.78. The molecule has 0 saturated heterocycles. The van der Waals surface area contributed by atoms with E-state index >= 15 is 0 Å². The van der Waals surface area contributed by atoms with Gasteiger partial charge in [-0.2, -0.15) is 5.26 Å². The summed E-state index contributed by atoms with van der Waals surface area (Å²) in [5, 5.41) is 9.69. The molecule has 158 valence electrons. The molecule has 6 nitrogen and oxygen atoms in total. The van der Waals surface area contributed by atoms with E-state index < -0.39 is 12.6 Å². The maximum atomic E-state index is 12.8. The Labute approximate surface area is 185 Å². The molecule has 2 aromatic carbocycles. The van der Waals surface area contributed by atoms with Crippen molar-refractivity contribution in [1.82, 2.24) is 4.98 Å². The minimum absolute atomic E-state index is 0.182. The van der Waals surface area contributed by atoms with Crippen LogP contribution in [-0.2, 0) is 9.53 Å². The van der Waals surface area contributed by atoms with E-state index in [1.807, 2.05) is 62.4 Å². The van der Waals surface area contributed by atoms with Gasteiger partial charge in [0.15, 0.2) is 6.61 Å². The number of hydrogen-bond acceptors (Lipinski definition) is 6. The molecule has 0 N–H and O–H groups in total. The summed E-state index contributed by atoms with van der Waals surface area (Å²) >= 11 is 1.24. The fourth-order valence-electron chi connectivity index (χ4n) is 3.23. The van der Waals surface area contributed by atoms with E-state index in [2.05, 4.69) is 11.1 Å². The van der Waals surface area contributed by atoms with E-state index in [4.69, 9.17) is 10.00 Å². The van der Waals surface area contributed by atoms with Crippen molar-refractivity contribution in [2.75, 3.05) is 18.1 Å². The quantitative estimate of drug-likeness (QED) is 0.498. The van der Waals surface area contributed by atoms with E-state index in [1.165, 1.54) is 16.2 Å². The van der Waals surface area contributed by atoms with Crippen molar-refractivity contribution in [3.8, 4) is 16.6 Å². The second-order valence-electron chi connectivity index (χ2n) is 7.18. The van der Waals surface area contributed by atoms with Crippen LogP contribution in [-0.4, -0.2) is 30.0 Å². The summed E-state index contributed by atoms with van der Waals surface area (Å²) in [7, 11) is 0. The number of nitrogens with zero attached hydrogens (tertiary/aromatic N) is 3. The van der Waals surface area contributed by atoms with E-state index in [-0.39, 0.29) is 18.9 Å². The van der Waals surface area contributed by atoms with Gasteiger partial charge in [0.25, 0.3) is 5.91 Å². The van der Waals surface area contributed by atoms with Crippen LogP contribution in [0, 0.1) is 32.1 Å². The molecule has 0 saturated carbocycles. The molecule has 3 aromatic rings. The first kappa shape index (κ1) is 22.2. The van der Waals surface area contributed by atoms with Crippen LogP contribution in [0.25, 0.3) is 10.6 Å². The highest BCUT2D eigenvalue weighted by Crippen LogP contribution is 2.28. The predicted octanol–water partition coefficient (Wildman–Crippen LogP) is 4.84. The van der Waals surface area contributed by atoms with Crippen molar-refractivity contribution >= 4 is 28.9 Å². The van der Waals surface area contributed by atoms with Gasteiger partial charge in [-0.15, -0.1) is 11.3 Å². The summed E-state index contributed by atoms with van der Waals surface area (Å²) in [5.74, 6) is -0.953. The molecular formula is C24H23N3O3S. The molecule has 0 aliphatic rings. The molecule has 31 heavy (non-hydrogen) atoms. The van der Waals surface area contributed by atoms with Crippen LogP contribution in [0.3, 0.4) is 0 Å². The number of nitriles is 1. The molecule has 1 aromatic heterocycles. The summed E-state index contributed by atoms with van der Waals surface area (Å²) < 4.78 is 5.32. The number of anilines is 1. The number of carbonyl (C=O) groups is 2. The minimum Gasteiger partial charge on any atom is -0.451 e.